The highest BCUT2D eigenvalue weighted by Crippen LogP contribution is 2.25. The van der Waals surface area contributed by atoms with Gasteiger partial charge in [-0.3, -0.25) is 9.59 Å². The number of carbonyl (C=O) groups excluding carboxylic acids is 2. The van der Waals surface area contributed by atoms with Crippen LogP contribution in [0.25, 0.3) is 0 Å². The molecular weight excluding hydrogens is 400 g/mol. The van der Waals surface area contributed by atoms with Crippen LogP contribution in [0.4, 0.5) is 5.69 Å². The highest BCUT2D eigenvalue weighted by Gasteiger charge is 2.15. The third-order valence-electron chi connectivity index (χ3n) is 3.69. The Kier molecular flexibility index (Phi) is 7.03. The maximum absolute atomic E-state index is 12.2. The maximum Gasteiger partial charge on any atom is 0.260 e. The number of carbonyl (C=O) groups is 2. The number of hydrogen-bond donors (Lipinski definition) is 1. The molecule has 0 saturated carbocycles. The van der Waals surface area contributed by atoms with Crippen LogP contribution in [0.5, 0.6) is 11.5 Å². The van der Waals surface area contributed by atoms with Gasteiger partial charge >= 0.3 is 0 Å². The number of likely N-dealkylation sites (N-methyl/N-ethyl adjacent to an activating group) is 1. The number of para-hydroxylation sites is 2. The predicted octanol–water partition coefficient (Wildman–Crippen LogP) is 3.24. The molecule has 0 aromatic heterocycles. The van der Waals surface area contributed by atoms with Crippen LogP contribution in [0.1, 0.15) is 5.56 Å². The van der Waals surface area contributed by atoms with E-state index in [4.69, 9.17) is 9.47 Å². The first-order valence-corrected chi connectivity index (χ1v) is 8.75. The third kappa shape index (κ3) is 5.49. The zero-order chi connectivity index (χ0) is 19.1. The minimum Gasteiger partial charge on any atom is -0.493 e. The molecule has 7 heteroatoms. The van der Waals surface area contributed by atoms with E-state index in [-0.39, 0.29) is 25.0 Å². The second-order valence-corrected chi connectivity index (χ2v) is 6.61. The summed E-state index contributed by atoms with van der Waals surface area (Å²) in [6, 6.07) is 12.6. The van der Waals surface area contributed by atoms with Crippen molar-refractivity contribution < 1.29 is 19.1 Å². The van der Waals surface area contributed by atoms with Gasteiger partial charge in [0.05, 0.1) is 13.7 Å². The molecule has 0 atom stereocenters. The number of hydrogen-bond acceptors (Lipinski definition) is 4. The highest BCUT2D eigenvalue weighted by molar-refractivity contribution is 9.10. The van der Waals surface area contributed by atoms with Crippen molar-refractivity contribution in [3.8, 4) is 11.5 Å². The SMILES string of the molecule is COc1ccccc1OCC(=O)N(C)CC(=O)Nc1ccc(Br)cc1C. The number of nitrogens with one attached hydrogen (secondary N) is 1. The molecule has 1 N–H and O–H groups in total. The van der Waals surface area contributed by atoms with Crippen LogP contribution < -0.4 is 14.8 Å². The number of rotatable bonds is 7. The van der Waals surface area contributed by atoms with Crippen molar-refractivity contribution in [2.24, 2.45) is 0 Å². The quantitative estimate of drug-likeness (QED) is 0.746. The first-order valence-electron chi connectivity index (χ1n) is 7.96. The summed E-state index contributed by atoms with van der Waals surface area (Å²) in [6.45, 7) is 1.65. The topological polar surface area (TPSA) is 67.9 Å². The second kappa shape index (κ2) is 9.24. The molecule has 2 aromatic carbocycles. The number of ether oxygens (including phenoxy) is 2. The Morgan fingerprint density at radius 2 is 1.85 bits per heavy atom. The first-order chi connectivity index (χ1) is 12.4. The largest absolute Gasteiger partial charge is 0.493 e. The zero-order valence-electron chi connectivity index (χ0n) is 14.9. The monoisotopic (exact) mass is 420 g/mol. The molecule has 0 bridgehead atoms. The highest BCUT2D eigenvalue weighted by atomic mass is 79.9. The summed E-state index contributed by atoms with van der Waals surface area (Å²) in [5.74, 6) is 0.445. The van der Waals surface area contributed by atoms with Gasteiger partial charge in [-0.15, -0.1) is 0 Å². The fraction of sp³-hybridized carbons (Fsp3) is 0.263. The lowest BCUT2D eigenvalue weighted by Crippen LogP contribution is -2.37. The lowest BCUT2D eigenvalue weighted by molar-refractivity contribution is -0.135. The summed E-state index contributed by atoms with van der Waals surface area (Å²) in [5.41, 5.74) is 1.64. The van der Waals surface area contributed by atoms with Gasteiger partial charge in [0, 0.05) is 17.2 Å². The molecule has 0 radical (unpaired) electrons. The molecular formula is C19H21BrN2O4. The van der Waals surface area contributed by atoms with Crippen molar-refractivity contribution in [1.82, 2.24) is 4.90 Å². The molecule has 0 aliphatic rings. The summed E-state index contributed by atoms with van der Waals surface area (Å²) >= 11 is 3.38. The van der Waals surface area contributed by atoms with Crippen LogP contribution in [0.3, 0.4) is 0 Å². The average Bonchev–Trinajstić information content (AvgIpc) is 2.62. The standard InChI is InChI=1S/C19H21BrN2O4/c1-13-10-14(20)8-9-15(13)21-18(23)11-22(2)19(24)12-26-17-7-5-4-6-16(17)25-3/h4-10H,11-12H2,1-3H3,(H,21,23). The number of nitrogens with zero attached hydrogens (tertiary/aromatic N) is 1. The number of amides is 2. The average molecular weight is 421 g/mol. The summed E-state index contributed by atoms with van der Waals surface area (Å²) in [7, 11) is 3.09. The Morgan fingerprint density at radius 1 is 1.15 bits per heavy atom. The van der Waals surface area contributed by atoms with E-state index in [1.807, 2.05) is 31.2 Å². The number of aryl methyl sites for hydroxylation is 1. The molecule has 2 aromatic rings. The Labute approximate surface area is 161 Å². The van der Waals surface area contributed by atoms with Crippen LogP contribution in [0.15, 0.2) is 46.9 Å². The molecule has 0 aliphatic heterocycles. The molecule has 0 unspecified atom stereocenters. The number of halogens is 1. The zero-order valence-corrected chi connectivity index (χ0v) is 16.5. The number of benzene rings is 2. The van der Waals surface area contributed by atoms with Gasteiger partial charge in [0.2, 0.25) is 5.91 Å². The Balaban J connectivity index is 1.87. The van der Waals surface area contributed by atoms with Crippen LogP contribution in [-0.2, 0) is 9.59 Å². The normalized spacial score (nSPS) is 10.2. The van der Waals surface area contributed by atoms with Gasteiger partial charge in [-0.05, 0) is 42.8 Å². The van der Waals surface area contributed by atoms with Crippen LogP contribution >= 0.6 is 15.9 Å². The van der Waals surface area contributed by atoms with Crippen molar-refractivity contribution in [2.75, 3.05) is 32.6 Å². The lowest BCUT2D eigenvalue weighted by atomic mass is 10.2. The Morgan fingerprint density at radius 3 is 2.50 bits per heavy atom. The Bertz CT molecular complexity index is 795. The van der Waals surface area contributed by atoms with Gasteiger partial charge in [0.15, 0.2) is 18.1 Å². The summed E-state index contributed by atoms with van der Waals surface area (Å²) in [4.78, 5) is 25.7. The van der Waals surface area contributed by atoms with Crippen molar-refractivity contribution in [3.63, 3.8) is 0 Å². The molecule has 0 saturated heterocycles. The number of anilines is 1. The molecule has 2 amide bonds. The van der Waals surface area contributed by atoms with Gasteiger partial charge < -0.3 is 19.7 Å². The van der Waals surface area contributed by atoms with Crippen LogP contribution in [-0.4, -0.2) is 44.0 Å². The van der Waals surface area contributed by atoms with Gasteiger partial charge in [0.1, 0.15) is 0 Å². The van der Waals surface area contributed by atoms with Crippen molar-refractivity contribution >= 4 is 33.4 Å². The van der Waals surface area contributed by atoms with Crippen LogP contribution in [0, 0.1) is 6.92 Å². The van der Waals surface area contributed by atoms with E-state index < -0.39 is 0 Å². The smallest absolute Gasteiger partial charge is 0.260 e. The molecule has 0 fully saturated rings. The molecule has 6 nitrogen and oxygen atoms in total. The van der Waals surface area contributed by atoms with E-state index in [1.54, 1.807) is 25.2 Å². The first kappa shape index (κ1) is 19.8. The fourth-order valence-electron chi connectivity index (χ4n) is 2.25. The van der Waals surface area contributed by atoms with Gasteiger partial charge in [0.25, 0.3) is 5.91 Å². The van der Waals surface area contributed by atoms with E-state index >= 15 is 0 Å². The van der Waals surface area contributed by atoms with Crippen molar-refractivity contribution in [1.29, 1.82) is 0 Å². The lowest BCUT2D eigenvalue weighted by Gasteiger charge is -2.18. The number of methoxy groups -OCH3 is 1. The molecule has 2 rings (SSSR count). The summed E-state index contributed by atoms with van der Waals surface area (Å²) in [6.07, 6.45) is 0. The van der Waals surface area contributed by atoms with E-state index in [0.717, 1.165) is 10.0 Å². The third-order valence-corrected chi connectivity index (χ3v) is 4.18. The van der Waals surface area contributed by atoms with E-state index in [0.29, 0.717) is 17.2 Å². The van der Waals surface area contributed by atoms with E-state index in [1.165, 1.54) is 12.0 Å². The summed E-state index contributed by atoms with van der Waals surface area (Å²) in [5, 5.41) is 2.80. The second-order valence-electron chi connectivity index (χ2n) is 5.70. The van der Waals surface area contributed by atoms with Gasteiger partial charge in [-0.1, -0.05) is 28.1 Å². The van der Waals surface area contributed by atoms with Crippen molar-refractivity contribution in [3.05, 3.63) is 52.5 Å². The van der Waals surface area contributed by atoms with E-state index in [2.05, 4.69) is 21.2 Å². The minimum atomic E-state index is -0.307. The minimum absolute atomic E-state index is 0.0659. The Hall–Kier alpha value is -2.54. The predicted molar refractivity (Wildman–Crippen MR) is 104 cm³/mol. The van der Waals surface area contributed by atoms with Gasteiger partial charge in [-0.25, -0.2) is 0 Å². The fourth-order valence-corrected chi connectivity index (χ4v) is 2.72. The van der Waals surface area contributed by atoms with Crippen LogP contribution in [0.2, 0.25) is 0 Å². The van der Waals surface area contributed by atoms with E-state index in [9.17, 15) is 9.59 Å². The molecule has 0 spiro atoms. The molecule has 0 aliphatic carbocycles. The maximum atomic E-state index is 12.2. The van der Waals surface area contributed by atoms with Gasteiger partial charge in [-0.2, -0.15) is 0 Å². The molecule has 138 valence electrons. The van der Waals surface area contributed by atoms with Crippen molar-refractivity contribution in [2.45, 2.75) is 6.92 Å². The molecule has 0 heterocycles. The molecule has 26 heavy (non-hydrogen) atoms. The summed E-state index contributed by atoms with van der Waals surface area (Å²) < 4.78 is 11.6.